The summed E-state index contributed by atoms with van der Waals surface area (Å²) in [6, 6.07) is 14.5. The fourth-order valence-electron chi connectivity index (χ4n) is 4.14. The lowest BCUT2D eigenvalue weighted by molar-refractivity contribution is 0.0880. The normalized spacial score (nSPS) is 15.9. The number of aromatic nitrogens is 1. The summed E-state index contributed by atoms with van der Waals surface area (Å²) in [7, 11) is -3.74. The predicted molar refractivity (Wildman–Crippen MR) is 116 cm³/mol. The van der Waals surface area contributed by atoms with Gasteiger partial charge in [0.15, 0.2) is 0 Å². The van der Waals surface area contributed by atoms with Crippen LogP contribution in [-0.4, -0.2) is 35.6 Å². The maximum absolute atomic E-state index is 13.2. The highest BCUT2D eigenvalue weighted by molar-refractivity contribution is 7.89. The molecule has 0 radical (unpaired) electrons. The molecule has 0 spiro atoms. The van der Waals surface area contributed by atoms with Gasteiger partial charge in [-0.25, -0.2) is 8.42 Å². The van der Waals surface area contributed by atoms with E-state index >= 15 is 0 Å². The lowest BCUT2D eigenvalue weighted by Crippen LogP contribution is -2.35. The van der Waals surface area contributed by atoms with Gasteiger partial charge in [-0.05, 0) is 41.8 Å². The molecule has 3 heterocycles. The van der Waals surface area contributed by atoms with Crippen molar-refractivity contribution in [2.45, 2.75) is 17.9 Å². The minimum Gasteiger partial charge on any atom is -0.384 e. The maximum Gasteiger partial charge on any atom is 0.262 e. The van der Waals surface area contributed by atoms with E-state index in [1.807, 2.05) is 24.3 Å². The Morgan fingerprint density at radius 2 is 1.59 bits per heavy atom. The molecule has 162 valence electrons. The van der Waals surface area contributed by atoms with Gasteiger partial charge in [0.2, 0.25) is 10.0 Å². The average molecular weight is 450 g/mol. The molecule has 2 aliphatic rings. The van der Waals surface area contributed by atoms with Crippen LogP contribution in [0.1, 0.15) is 31.8 Å². The van der Waals surface area contributed by atoms with E-state index in [1.165, 1.54) is 28.6 Å². The number of carbonyl (C=O) groups excluding carboxylic acids is 2. The number of nitrogens with two attached hydrogens (primary N) is 1. The van der Waals surface area contributed by atoms with Crippen LogP contribution in [0, 0.1) is 0 Å². The minimum absolute atomic E-state index is 0.0710. The van der Waals surface area contributed by atoms with Crippen molar-refractivity contribution in [3.8, 4) is 5.69 Å². The minimum atomic E-state index is -3.74. The van der Waals surface area contributed by atoms with Crippen LogP contribution in [0.15, 0.2) is 64.3 Å². The number of nitrogens with zero attached hydrogens (tertiary/aromatic N) is 2. The third-order valence-electron chi connectivity index (χ3n) is 5.78. The van der Waals surface area contributed by atoms with Gasteiger partial charge in [-0.3, -0.25) is 24.3 Å². The third-order valence-corrected chi connectivity index (χ3v) is 7.64. The summed E-state index contributed by atoms with van der Waals surface area (Å²) < 4.78 is 28.8. The number of nitrogen functional groups attached to an aromatic ring is 1. The number of amides is 2. The highest BCUT2D eigenvalue weighted by atomic mass is 32.2. The Kier molecular flexibility index (Phi) is 4.50. The summed E-state index contributed by atoms with van der Waals surface area (Å²) in [5.74, 6) is -1.54. The van der Waals surface area contributed by atoms with Crippen LogP contribution in [0.2, 0.25) is 0 Å². The van der Waals surface area contributed by atoms with Crippen molar-refractivity contribution in [3.05, 3.63) is 87.2 Å². The van der Waals surface area contributed by atoms with E-state index in [-0.39, 0.29) is 27.5 Å². The summed E-state index contributed by atoms with van der Waals surface area (Å²) in [5.41, 5.74) is 7.69. The van der Waals surface area contributed by atoms with Crippen LogP contribution in [-0.2, 0) is 23.0 Å². The number of fused-ring (bicyclic) bond motifs is 2. The first-order valence-electron chi connectivity index (χ1n) is 9.86. The molecule has 3 N–H and O–H groups in total. The highest BCUT2D eigenvalue weighted by Crippen LogP contribution is 2.27. The van der Waals surface area contributed by atoms with Crippen LogP contribution in [0.4, 0.5) is 5.82 Å². The topological polar surface area (TPSA) is 132 Å². The van der Waals surface area contributed by atoms with Gasteiger partial charge in [0.1, 0.15) is 5.82 Å². The number of carbonyl (C=O) groups is 2. The Hall–Kier alpha value is -3.76. The lowest BCUT2D eigenvalue weighted by Gasteiger charge is -2.28. The molecular weight excluding hydrogens is 432 g/mol. The van der Waals surface area contributed by atoms with E-state index in [0.717, 1.165) is 21.8 Å². The summed E-state index contributed by atoms with van der Waals surface area (Å²) in [4.78, 5) is 36.5. The molecular formula is C22H18N4O5S. The van der Waals surface area contributed by atoms with Gasteiger partial charge in [0.25, 0.3) is 17.4 Å². The monoisotopic (exact) mass is 450 g/mol. The highest BCUT2D eigenvalue weighted by Gasteiger charge is 2.32. The number of anilines is 1. The number of hydrogen-bond acceptors (Lipinski definition) is 6. The van der Waals surface area contributed by atoms with E-state index in [1.54, 1.807) is 0 Å². The molecule has 10 heteroatoms. The van der Waals surface area contributed by atoms with Gasteiger partial charge in [0.05, 0.1) is 21.7 Å². The zero-order chi connectivity index (χ0) is 22.6. The molecule has 0 bridgehead atoms. The second kappa shape index (κ2) is 7.14. The molecule has 9 nitrogen and oxygen atoms in total. The Labute approximate surface area is 183 Å². The molecule has 0 unspecified atom stereocenters. The molecule has 0 fully saturated rings. The summed E-state index contributed by atoms with van der Waals surface area (Å²) in [5, 5.41) is 2.11. The Morgan fingerprint density at radius 3 is 2.31 bits per heavy atom. The fourth-order valence-corrected chi connectivity index (χ4v) is 5.56. The van der Waals surface area contributed by atoms with Crippen molar-refractivity contribution in [2.75, 3.05) is 12.3 Å². The molecule has 0 saturated carbocycles. The molecule has 32 heavy (non-hydrogen) atoms. The zero-order valence-corrected chi connectivity index (χ0v) is 17.6. The summed E-state index contributed by atoms with van der Waals surface area (Å²) in [6.07, 6.45) is 0.634. The SMILES string of the molecule is Nc1c2c(cc(=O)n1-c1ccc(S(=O)(=O)N3CCc4ccccc4C3)cc1)C(=O)NC2=O. The number of benzene rings is 2. The molecule has 0 saturated heterocycles. The summed E-state index contributed by atoms with van der Waals surface area (Å²) >= 11 is 0. The van der Waals surface area contributed by atoms with Gasteiger partial charge in [-0.2, -0.15) is 4.31 Å². The van der Waals surface area contributed by atoms with Crippen LogP contribution in [0.5, 0.6) is 0 Å². The summed E-state index contributed by atoms with van der Waals surface area (Å²) in [6.45, 7) is 0.669. The molecule has 2 aliphatic heterocycles. The molecule has 2 aromatic carbocycles. The molecule has 3 aromatic rings. The van der Waals surface area contributed by atoms with Gasteiger partial charge in [-0.15, -0.1) is 0 Å². The van der Waals surface area contributed by atoms with Gasteiger partial charge in [-0.1, -0.05) is 24.3 Å². The Balaban J connectivity index is 1.49. The second-order valence-electron chi connectivity index (χ2n) is 7.63. The number of pyridine rings is 1. The quantitative estimate of drug-likeness (QED) is 0.574. The lowest BCUT2D eigenvalue weighted by atomic mass is 10.0. The van der Waals surface area contributed by atoms with Crippen molar-refractivity contribution in [2.24, 2.45) is 0 Å². The van der Waals surface area contributed by atoms with E-state index in [2.05, 4.69) is 5.32 Å². The number of hydrogen-bond donors (Lipinski definition) is 2. The zero-order valence-electron chi connectivity index (χ0n) is 16.7. The number of rotatable bonds is 3. The molecule has 0 atom stereocenters. The first kappa shape index (κ1) is 20.2. The fraction of sp³-hybridized carbons (Fsp3) is 0.136. The van der Waals surface area contributed by atoms with Crippen molar-refractivity contribution in [1.29, 1.82) is 0 Å². The predicted octanol–water partition coefficient (Wildman–Crippen LogP) is 1.05. The number of imide groups is 1. The standard InChI is InChI=1S/C22H18N4O5S/c23-20-19-17(21(28)24-22(19)29)11-18(27)26(20)15-5-7-16(8-6-15)32(30,31)25-10-9-13-3-1-2-4-14(13)12-25/h1-8,11H,9-10,12,23H2,(H,24,28,29). The smallest absolute Gasteiger partial charge is 0.262 e. The van der Waals surface area contributed by atoms with Gasteiger partial charge in [0, 0.05) is 19.2 Å². The van der Waals surface area contributed by atoms with Crippen molar-refractivity contribution < 1.29 is 18.0 Å². The van der Waals surface area contributed by atoms with Crippen molar-refractivity contribution in [3.63, 3.8) is 0 Å². The number of sulfonamides is 1. The van der Waals surface area contributed by atoms with E-state index in [9.17, 15) is 22.8 Å². The van der Waals surface area contributed by atoms with E-state index in [4.69, 9.17) is 5.73 Å². The number of nitrogens with one attached hydrogen (secondary N) is 1. The van der Waals surface area contributed by atoms with E-state index < -0.39 is 27.4 Å². The molecule has 1 aromatic heterocycles. The Morgan fingerprint density at radius 1 is 0.906 bits per heavy atom. The van der Waals surface area contributed by atoms with Crippen molar-refractivity contribution >= 4 is 27.7 Å². The van der Waals surface area contributed by atoms with Crippen LogP contribution in [0.3, 0.4) is 0 Å². The van der Waals surface area contributed by atoms with Crippen LogP contribution >= 0.6 is 0 Å². The van der Waals surface area contributed by atoms with Crippen LogP contribution < -0.4 is 16.6 Å². The van der Waals surface area contributed by atoms with Gasteiger partial charge >= 0.3 is 0 Å². The molecule has 0 aliphatic carbocycles. The van der Waals surface area contributed by atoms with Crippen LogP contribution in [0.25, 0.3) is 5.69 Å². The third kappa shape index (κ3) is 3.03. The van der Waals surface area contributed by atoms with E-state index in [0.29, 0.717) is 19.5 Å². The maximum atomic E-state index is 13.2. The van der Waals surface area contributed by atoms with Crippen molar-refractivity contribution in [1.82, 2.24) is 14.2 Å². The first-order chi connectivity index (χ1) is 15.3. The first-order valence-corrected chi connectivity index (χ1v) is 11.3. The molecule has 5 rings (SSSR count). The van der Waals surface area contributed by atoms with Gasteiger partial charge < -0.3 is 5.73 Å². The average Bonchev–Trinajstić information content (AvgIpc) is 3.07. The second-order valence-corrected chi connectivity index (χ2v) is 9.56. The largest absolute Gasteiger partial charge is 0.384 e. The molecule has 2 amide bonds. The Bertz CT molecular complexity index is 1460.